The second-order valence-corrected chi connectivity index (χ2v) is 7.92. The maximum atomic E-state index is 13.5. The fourth-order valence-corrected chi connectivity index (χ4v) is 4.81. The van der Waals surface area contributed by atoms with Crippen LogP contribution < -0.4 is 5.32 Å². The van der Waals surface area contributed by atoms with Crippen LogP contribution in [0.3, 0.4) is 0 Å². The predicted molar refractivity (Wildman–Crippen MR) is 93.0 cm³/mol. The van der Waals surface area contributed by atoms with Crippen molar-refractivity contribution in [2.75, 3.05) is 11.9 Å². The van der Waals surface area contributed by atoms with E-state index in [0.29, 0.717) is 24.2 Å². The van der Waals surface area contributed by atoms with Gasteiger partial charge in [-0.25, -0.2) is 12.8 Å². The van der Waals surface area contributed by atoms with Gasteiger partial charge in [0, 0.05) is 19.2 Å². The lowest BCUT2D eigenvalue weighted by molar-refractivity contribution is -0.114. The van der Waals surface area contributed by atoms with Crippen molar-refractivity contribution in [1.29, 1.82) is 0 Å². The summed E-state index contributed by atoms with van der Waals surface area (Å²) in [5.74, 6) is -0.595. The smallest absolute Gasteiger partial charge is 0.243 e. The molecule has 3 rings (SSSR count). The summed E-state index contributed by atoms with van der Waals surface area (Å²) >= 11 is 0. The van der Waals surface area contributed by atoms with Crippen LogP contribution in [0.1, 0.15) is 31.4 Å². The molecule has 0 unspecified atom stereocenters. The molecule has 2 aromatic carbocycles. The van der Waals surface area contributed by atoms with Crippen molar-refractivity contribution in [3.63, 3.8) is 0 Å². The second kappa shape index (κ2) is 6.93. The highest BCUT2D eigenvalue weighted by molar-refractivity contribution is 7.89. The number of hydrogen-bond donors (Lipinski definition) is 1. The Morgan fingerprint density at radius 2 is 1.92 bits per heavy atom. The Hall–Kier alpha value is -2.25. The number of carbonyl (C=O) groups excluding carboxylic acids is 1. The first-order chi connectivity index (χ1) is 11.9. The Morgan fingerprint density at radius 1 is 1.20 bits per heavy atom. The summed E-state index contributed by atoms with van der Waals surface area (Å²) in [7, 11) is -3.70. The summed E-state index contributed by atoms with van der Waals surface area (Å²) < 4.78 is 40.9. The van der Waals surface area contributed by atoms with Crippen molar-refractivity contribution in [3.8, 4) is 0 Å². The molecule has 132 valence electrons. The van der Waals surface area contributed by atoms with E-state index >= 15 is 0 Å². The predicted octanol–water partition coefficient (Wildman–Crippen LogP) is 3.31. The van der Waals surface area contributed by atoms with Crippen LogP contribution in [-0.2, 0) is 14.8 Å². The Bertz CT molecular complexity index is 881. The zero-order chi connectivity index (χ0) is 18.0. The van der Waals surface area contributed by atoms with Crippen LogP contribution in [0.2, 0.25) is 0 Å². The van der Waals surface area contributed by atoms with Crippen molar-refractivity contribution in [3.05, 3.63) is 59.9 Å². The van der Waals surface area contributed by atoms with Gasteiger partial charge in [0.2, 0.25) is 15.9 Å². The van der Waals surface area contributed by atoms with Gasteiger partial charge in [-0.05, 0) is 54.8 Å². The topological polar surface area (TPSA) is 66.5 Å². The summed E-state index contributed by atoms with van der Waals surface area (Å²) in [4.78, 5) is 11.2. The molecule has 0 radical (unpaired) electrons. The number of carbonyl (C=O) groups is 1. The van der Waals surface area contributed by atoms with Gasteiger partial charge in [0.1, 0.15) is 5.82 Å². The van der Waals surface area contributed by atoms with Gasteiger partial charge in [0.15, 0.2) is 0 Å². The van der Waals surface area contributed by atoms with E-state index in [1.54, 1.807) is 24.3 Å². The highest BCUT2D eigenvalue weighted by atomic mass is 32.2. The number of amides is 1. The van der Waals surface area contributed by atoms with Crippen LogP contribution in [0.25, 0.3) is 0 Å². The number of benzene rings is 2. The number of nitrogens with zero attached hydrogens (tertiary/aromatic N) is 1. The molecule has 0 bridgehead atoms. The van der Waals surface area contributed by atoms with Crippen LogP contribution in [0.5, 0.6) is 0 Å². The molecule has 1 saturated heterocycles. The largest absolute Gasteiger partial charge is 0.326 e. The van der Waals surface area contributed by atoms with E-state index in [1.165, 1.54) is 35.5 Å². The Balaban J connectivity index is 1.89. The third kappa shape index (κ3) is 3.72. The van der Waals surface area contributed by atoms with Crippen LogP contribution in [0.15, 0.2) is 53.4 Å². The molecule has 0 spiro atoms. The molecule has 25 heavy (non-hydrogen) atoms. The van der Waals surface area contributed by atoms with Crippen molar-refractivity contribution in [2.24, 2.45) is 0 Å². The van der Waals surface area contributed by atoms with Crippen LogP contribution in [0.4, 0.5) is 10.1 Å². The number of anilines is 1. The van der Waals surface area contributed by atoms with Gasteiger partial charge < -0.3 is 5.32 Å². The average Bonchev–Trinajstić information content (AvgIpc) is 3.05. The van der Waals surface area contributed by atoms with Crippen molar-refractivity contribution in [1.82, 2.24) is 4.31 Å². The molecular weight excluding hydrogens is 343 g/mol. The van der Waals surface area contributed by atoms with Gasteiger partial charge in [0.05, 0.1) is 10.9 Å². The minimum Gasteiger partial charge on any atom is -0.326 e. The van der Waals surface area contributed by atoms with E-state index in [4.69, 9.17) is 0 Å². The summed E-state index contributed by atoms with van der Waals surface area (Å²) in [6.07, 6.45) is 1.39. The maximum absolute atomic E-state index is 13.5. The van der Waals surface area contributed by atoms with Crippen LogP contribution in [0, 0.1) is 5.82 Å². The summed E-state index contributed by atoms with van der Waals surface area (Å²) in [5, 5.41) is 2.60. The molecule has 0 saturated carbocycles. The van der Waals surface area contributed by atoms with E-state index < -0.39 is 10.0 Å². The SMILES string of the molecule is CC(=O)Nc1ccc(S(=O)(=O)N2CCC[C@H]2c2cccc(F)c2)cc1. The Labute approximate surface area is 146 Å². The zero-order valence-corrected chi connectivity index (χ0v) is 14.6. The van der Waals surface area contributed by atoms with E-state index in [0.717, 1.165) is 6.42 Å². The van der Waals surface area contributed by atoms with E-state index in [-0.39, 0.29) is 22.7 Å². The van der Waals surface area contributed by atoms with Gasteiger partial charge in [-0.2, -0.15) is 4.31 Å². The van der Waals surface area contributed by atoms with Crippen LogP contribution >= 0.6 is 0 Å². The Kier molecular flexibility index (Phi) is 4.87. The van der Waals surface area contributed by atoms with Gasteiger partial charge >= 0.3 is 0 Å². The standard InChI is InChI=1S/C18H19FN2O3S/c1-13(22)20-16-7-9-17(10-8-16)25(23,24)21-11-3-6-18(21)14-4-2-5-15(19)12-14/h2,4-5,7-10,12,18H,3,6,11H2,1H3,(H,20,22)/t18-/m0/s1. The molecule has 2 aromatic rings. The van der Waals surface area contributed by atoms with Crippen LogP contribution in [-0.4, -0.2) is 25.2 Å². The molecule has 1 amide bonds. The number of rotatable bonds is 4. The first kappa shape index (κ1) is 17.6. The lowest BCUT2D eigenvalue weighted by Crippen LogP contribution is -2.30. The minimum atomic E-state index is -3.70. The molecule has 1 N–H and O–H groups in total. The molecule has 1 heterocycles. The van der Waals surface area contributed by atoms with E-state index in [9.17, 15) is 17.6 Å². The van der Waals surface area contributed by atoms with Crippen molar-refractivity contribution in [2.45, 2.75) is 30.7 Å². The average molecular weight is 362 g/mol. The first-order valence-electron chi connectivity index (χ1n) is 8.03. The lowest BCUT2D eigenvalue weighted by atomic mass is 10.1. The quantitative estimate of drug-likeness (QED) is 0.907. The maximum Gasteiger partial charge on any atom is 0.243 e. The number of halogens is 1. The fraction of sp³-hybridized carbons (Fsp3) is 0.278. The molecule has 1 aliphatic heterocycles. The molecule has 1 atom stereocenters. The van der Waals surface area contributed by atoms with Gasteiger partial charge in [-0.15, -0.1) is 0 Å². The van der Waals surface area contributed by atoms with Gasteiger partial charge in [0.25, 0.3) is 0 Å². The molecule has 7 heteroatoms. The second-order valence-electron chi connectivity index (χ2n) is 6.03. The fourth-order valence-electron chi connectivity index (χ4n) is 3.12. The third-order valence-electron chi connectivity index (χ3n) is 4.22. The molecule has 5 nitrogen and oxygen atoms in total. The number of hydrogen-bond acceptors (Lipinski definition) is 3. The van der Waals surface area contributed by atoms with E-state index in [2.05, 4.69) is 5.32 Å². The summed E-state index contributed by atoms with van der Waals surface area (Å²) in [5.41, 5.74) is 1.20. The summed E-state index contributed by atoms with van der Waals surface area (Å²) in [6.45, 7) is 1.79. The van der Waals surface area contributed by atoms with Gasteiger partial charge in [-0.1, -0.05) is 12.1 Å². The Morgan fingerprint density at radius 3 is 2.56 bits per heavy atom. The minimum absolute atomic E-state index is 0.157. The monoisotopic (exact) mass is 362 g/mol. The molecule has 0 aliphatic carbocycles. The molecule has 1 fully saturated rings. The highest BCUT2D eigenvalue weighted by Gasteiger charge is 2.36. The molecule has 0 aromatic heterocycles. The lowest BCUT2D eigenvalue weighted by Gasteiger charge is -2.24. The normalized spacial score (nSPS) is 18.2. The third-order valence-corrected chi connectivity index (χ3v) is 6.14. The molecular formula is C18H19FN2O3S. The highest BCUT2D eigenvalue weighted by Crippen LogP contribution is 2.36. The first-order valence-corrected chi connectivity index (χ1v) is 9.47. The van der Waals surface area contributed by atoms with Crippen molar-refractivity contribution >= 4 is 21.6 Å². The van der Waals surface area contributed by atoms with Gasteiger partial charge in [-0.3, -0.25) is 4.79 Å². The number of sulfonamides is 1. The zero-order valence-electron chi connectivity index (χ0n) is 13.8. The van der Waals surface area contributed by atoms with E-state index in [1.807, 2.05) is 0 Å². The summed E-state index contributed by atoms with van der Waals surface area (Å²) in [6, 6.07) is 11.8. The molecule has 1 aliphatic rings. The number of nitrogens with one attached hydrogen (secondary N) is 1. The van der Waals surface area contributed by atoms with Crippen molar-refractivity contribution < 1.29 is 17.6 Å².